The van der Waals surface area contributed by atoms with Gasteiger partial charge in [-0.25, -0.2) is 4.99 Å². The van der Waals surface area contributed by atoms with Crippen molar-refractivity contribution < 1.29 is 14.3 Å². The number of hydrogen-bond acceptors (Lipinski definition) is 5. The average Bonchev–Trinajstić information content (AvgIpc) is 3.28. The molecule has 0 aliphatic carbocycles. The van der Waals surface area contributed by atoms with Gasteiger partial charge in [0.05, 0.1) is 32.6 Å². The third-order valence-electron chi connectivity index (χ3n) is 4.95. The summed E-state index contributed by atoms with van der Waals surface area (Å²) in [6.45, 7) is 9.92. The summed E-state index contributed by atoms with van der Waals surface area (Å²) in [6, 6.07) is 12.1. The minimum atomic E-state index is -1.11. The van der Waals surface area contributed by atoms with Crippen LogP contribution in [0.25, 0.3) is 0 Å². The Morgan fingerprint density at radius 1 is 1.14 bits per heavy atom. The molecular weight excluding hydrogens is 368 g/mol. The summed E-state index contributed by atoms with van der Waals surface area (Å²) < 4.78 is 10.7. The number of nitrogens with zero attached hydrogens (tertiary/aromatic N) is 2. The van der Waals surface area contributed by atoms with E-state index in [2.05, 4.69) is 44.8 Å². The van der Waals surface area contributed by atoms with Gasteiger partial charge in [0.15, 0.2) is 5.96 Å². The van der Waals surface area contributed by atoms with Crippen LogP contribution in [0.1, 0.15) is 30.7 Å². The molecule has 0 saturated carbocycles. The molecule has 7 nitrogen and oxygen atoms in total. The highest BCUT2D eigenvalue weighted by Gasteiger charge is 2.26. The normalized spacial score (nSPS) is 17.7. The molecule has 2 heterocycles. The molecule has 1 aliphatic rings. The molecule has 158 valence electrons. The number of nitrogens with one attached hydrogen (secondary N) is 2. The highest BCUT2D eigenvalue weighted by Crippen LogP contribution is 2.19. The van der Waals surface area contributed by atoms with Crippen LogP contribution in [0.5, 0.6) is 0 Å². The highest BCUT2D eigenvalue weighted by molar-refractivity contribution is 5.79. The van der Waals surface area contributed by atoms with E-state index in [1.165, 1.54) is 5.56 Å². The molecule has 1 aromatic carbocycles. The topological polar surface area (TPSA) is 82.3 Å². The third-order valence-corrected chi connectivity index (χ3v) is 4.95. The fraction of sp³-hybridized carbons (Fsp3) is 0.500. The second kappa shape index (κ2) is 10.4. The fourth-order valence-electron chi connectivity index (χ4n) is 3.21. The van der Waals surface area contributed by atoms with Crippen LogP contribution in [-0.2, 0) is 23.4 Å². The number of rotatable bonds is 8. The molecule has 1 atom stereocenters. The number of aliphatic imine (C=N–C) groups is 1. The molecule has 1 aliphatic heterocycles. The largest absolute Gasteiger partial charge is 0.466 e. The van der Waals surface area contributed by atoms with Crippen LogP contribution in [0.4, 0.5) is 0 Å². The van der Waals surface area contributed by atoms with Crippen molar-refractivity contribution in [3.63, 3.8) is 0 Å². The maximum atomic E-state index is 10.6. The molecule has 0 spiro atoms. The lowest BCUT2D eigenvalue weighted by Gasteiger charge is -2.26. The summed E-state index contributed by atoms with van der Waals surface area (Å²) in [5.74, 6) is 1.19. The second-order valence-corrected chi connectivity index (χ2v) is 7.50. The van der Waals surface area contributed by atoms with E-state index in [0.29, 0.717) is 24.8 Å². The Labute approximate surface area is 172 Å². The van der Waals surface area contributed by atoms with Gasteiger partial charge in [-0.15, -0.1) is 0 Å². The van der Waals surface area contributed by atoms with Crippen LogP contribution in [0, 0.1) is 0 Å². The first-order valence-corrected chi connectivity index (χ1v) is 10.2. The number of ether oxygens (including phenoxy) is 1. The molecule has 29 heavy (non-hydrogen) atoms. The zero-order valence-corrected chi connectivity index (χ0v) is 17.4. The van der Waals surface area contributed by atoms with Crippen molar-refractivity contribution in [1.82, 2.24) is 15.5 Å². The maximum absolute atomic E-state index is 10.6. The molecule has 2 aromatic rings. The first kappa shape index (κ1) is 21.4. The van der Waals surface area contributed by atoms with Gasteiger partial charge in [-0.1, -0.05) is 24.3 Å². The molecule has 1 aromatic heterocycles. The van der Waals surface area contributed by atoms with Crippen LogP contribution in [0.15, 0.2) is 52.1 Å². The minimum Gasteiger partial charge on any atom is -0.466 e. The zero-order chi connectivity index (χ0) is 20.5. The summed E-state index contributed by atoms with van der Waals surface area (Å²) in [5.41, 5.74) is 1.34. The average molecular weight is 401 g/mol. The van der Waals surface area contributed by atoms with Crippen molar-refractivity contribution in [2.24, 2.45) is 4.99 Å². The predicted octanol–water partition coefficient (Wildman–Crippen LogP) is 2.07. The van der Waals surface area contributed by atoms with E-state index in [4.69, 9.17) is 9.15 Å². The van der Waals surface area contributed by atoms with Gasteiger partial charge in [0.1, 0.15) is 11.4 Å². The van der Waals surface area contributed by atoms with E-state index in [-0.39, 0.29) is 0 Å². The first-order valence-electron chi connectivity index (χ1n) is 10.2. The van der Waals surface area contributed by atoms with Gasteiger partial charge in [-0.05, 0) is 37.1 Å². The Bertz CT molecular complexity index is 751. The van der Waals surface area contributed by atoms with Crippen molar-refractivity contribution in [3.05, 3.63) is 59.5 Å². The van der Waals surface area contributed by atoms with Crippen LogP contribution in [0.2, 0.25) is 0 Å². The molecule has 7 heteroatoms. The van der Waals surface area contributed by atoms with Gasteiger partial charge < -0.3 is 24.9 Å². The number of furan rings is 1. The highest BCUT2D eigenvalue weighted by atomic mass is 16.5. The third kappa shape index (κ3) is 6.59. The van der Waals surface area contributed by atoms with E-state index >= 15 is 0 Å². The lowest BCUT2D eigenvalue weighted by molar-refractivity contribution is 0.0342. The molecule has 1 fully saturated rings. The first-order chi connectivity index (χ1) is 14.1. The van der Waals surface area contributed by atoms with E-state index in [1.807, 2.05) is 6.92 Å². The van der Waals surface area contributed by atoms with Gasteiger partial charge in [-0.3, -0.25) is 4.90 Å². The Morgan fingerprint density at radius 3 is 2.52 bits per heavy atom. The van der Waals surface area contributed by atoms with Crippen LogP contribution in [-0.4, -0.2) is 55.4 Å². The number of morpholine rings is 1. The smallest absolute Gasteiger partial charge is 0.191 e. The van der Waals surface area contributed by atoms with Crippen LogP contribution in [0.3, 0.4) is 0 Å². The summed E-state index contributed by atoms with van der Waals surface area (Å²) in [7, 11) is 0. The van der Waals surface area contributed by atoms with Crippen molar-refractivity contribution >= 4 is 5.96 Å². The van der Waals surface area contributed by atoms with Crippen molar-refractivity contribution in [2.45, 2.75) is 32.5 Å². The van der Waals surface area contributed by atoms with Crippen molar-refractivity contribution in [3.8, 4) is 0 Å². The van der Waals surface area contributed by atoms with Gasteiger partial charge in [0.25, 0.3) is 0 Å². The zero-order valence-electron chi connectivity index (χ0n) is 17.4. The SMILES string of the molecule is CCNC(=NCc1ccc(CN2CCOCC2)cc1)NCC(C)(O)c1ccco1. The number of benzene rings is 1. The van der Waals surface area contributed by atoms with E-state index in [1.54, 1.807) is 25.3 Å². The Kier molecular flexibility index (Phi) is 7.69. The van der Waals surface area contributed by atoms with E-state index < -0.39 is 5.60 Å². The standard InChI is InChI=1S/C22H32N4O3/c1-3-23-21(25-17-22(2,27)20-5-4-12-29-20)24-15-18-6-8-19(9-7-18)16-26-10-13-28-14-11-26/h4-9,12,27H,3,10-11,13-17H2,1-2H3,(H2,23,24,25). The van der Waals surface area contributed by atoms with Gasteiger partial charge in [-0.2, -0.15) is 0 Å². The van der Waals surface area contributed by atoms with Gasteiger partial charge in [0.2, 0.25) is 0 Å². The van der Waals surface area contributed by atoms with Crippen LogP contribution < -0.4 is 10.6 Å². The lowest BCUT2D eigenvalue weighted by Crippen LogP contribution is -2.44. The van der Waals surface area contributed by atoms with E-state index in [9.17, 15) is 5.11 Å². The monoisotopic (exact) mass is 400 g/mol. The molecule has 3 N–H and O–H groups in total. The number of guanidine groups is 1. The Morgan fingerprint density at radius 2 is 1.86 bits per heavy atom. The molecule has 1 unspecified atom stereocenters. The van der Waals surface area contributed by atoms with Crippen molar-refractivity contribution in [1.29, 1.82) is 0 Å². The summed E-state index contributed by atoms with van der Waals surface area (Å²) in [5, 5.41) is 17.0. The quantitative estimate of drug-likeness (QED) is 0.465. The number of aliphatic hydroxyl groups is 1. The minimum absolute atomic E-state index is 0.296. The number of hydrogen-bond donors (Lipinski definition) is 3. The van der Waals surface area contributed by atoms with Gasteiger partial charge in [0, 0.05) is 26.2 Å². The van der Waals surface area contributed by atoms with Crippen LogP contribution >= 0.6 is 0 Å². The summed E-state index contributed by atoms with van der Waals surface area (Å²) >= 11 is 0. The summed E-state index contributed by atoms with van der Waals surface area (Å²) in [4.78, 5) is 7.05. The fourth-order valence-corrected chi connectivity index (χ4v) is 3.21. The Balaban J connectivity index is 1.53. The molecule has 1 saturated heterocycles. The van der Waals surface area contributed by atoms with Crippen molar-refractivity contribution in [2.75, 3.05) is 39.4 Å². The molecule has 0 amide bonds. The molecular formula is C22H32N4O3. The molecule has 3 rings (SSSR count). The maximum Gasteiger partial charge on any atom is 0.191 e. The van der Waals surface area contributed by atoms with E-state index in [0.717, 1.165) is 45.0 Å². The second-order valence-electron chi connectivity index (χ2n) is 7.50. The Hall–Kier alpha value is -2.35. The summed E-state index contributed by atoms with van der Waals surface area (Å²) in [6.07, 6.45) is 1.56. The van der Waals surface area contributed by atoms with Gasteiger partial charge >= 0.3 is 0 Å². The predicted molar refractivity (Wildman–Crippen MR) is 114 cm³/mol. The molecule has 0 radical (unpaired) electrons. The lowest BCUT2D eigenvalue weighted by atomic mass is 10.0. The molecule has 0 bridgehead atoms.